The molecule has 0 fully saturated rings. The Kier molecular flexibility index (Phi) is 4.63. The van der Waals surface area contributed by atoms with Crippen LogP contribution in [-0.2, 0) is 0 Å². The minimum atomic E-state index is 0.144. The van der Waals surface area contributed by atoms with E-state index in [1.165, 1.54) is 12.0 Å². The molecule has 0 aromatic heterocycles. The Labute approximate surface area is 92.4 Å². The monoisotopic (exact) mass is 207 g/mol. The predicted octanol–water partition coefficient (Wildman–Crippen LogP) is 3.13. The molecule has 0 aliphatic rings. The van der Waals surface area contributed by atoms with Gasteiger partial charge in [-0.15, -0.1) is 0 Å². The van der Waals surface area contributed by atoms with Crippen molar-refractivity contribution in [1.29, 1.82) is 0 Å². The van der Waals surface area contributed by atoms with Crippen LogP contribution in [0, 0.1) is 5.92 Å². The fraction of sp³-hybridized carbons (Fsp3) is 0.538. The molecule has 0 saturated carbocycles. The smallest absolute Gasteiger partial charge is 0.118 e. The zero-order valence-corrected chi connectivity index (χ0v) is 9.86. The molecule has 0 spiro atoms. The Bertz CT molecular complexity index is 281. The average Bonchev–Trinajstić information content (AvgIpc) is 2.29. The van der Waals surface area contributed by atoms with Crippen molar-refractivity contribution in [3.05, 3.63) is 29.8 Å². The third kappa shape index (κ3) is 3.56. The normalized spacial score (nSPS) is 14.7. The summed E-state index contributed by atoms with van der Waals surface area (Å²) in [6, 6.07) is 8.17. The number of nitrogens with two attached hydrogens (primary N) is 1. The largest absolute Gasteiger partial charge is 0.497 e. The lowest BCUT2D eigenvalue weighted by atomic mass is 9.95. The first kappa shape index (κ1) is 12.1. The maximum Gasteiger partial charge on any atom is 0.118 e. The van der Waals surface area contributed by atoms with E-state index >= 15 is 0 Å². The van der Waals surface area contributed by atoms with E-state index < -0.39 is 0 Å². The Morgan fingerprint density at radius 2 is 1.87 bits per heavy atom. The maximum absolute atomic E-state index is 6.12. The van der Waals surface area contributed by atoms with Gasteiger partial charge >= 0.3 is 0 Å². The molecule has 2 unspecified atom stereocenters. The SMILES string of the molecule is CCC(C)CC(N)c1ccc(OC)cc1. The molecule has 2 N–H and O–H groups in total. The molecule has 1 rings (SSSR count). The zero-order valence-electron chi connectivity index (χ0n) is 9.86. The third-order valence-electron chi connectivity index (χ3n) is 2.90. The zero-order chi connectivity index (χ0) is 11.3. The van der Waals surface area contributed by atoms with Gasteiger partial charge in [-0.25, -0.2) is 0 Å². The van der Waals surface area contributed by atoms with E-state index in [-0.39, 0.29) is 6.04 Å². The van der Waals surface area contributed by atoms with Crippen molar-refractivity contribution in [1.82, 2.24) is 0 Å². The average molecular weight is 207 g/mol. The highest BCUT2D eigenvalue weighted by Crippen LogP contribution is 2.22. The van der Waals surface area contributed by atoms with Crippen molar-refractivity contribution >= 4 is 0 Å². The summed E-state index contributed by atoms with van der Waals surface area (Å²) in [5.41, 5.74) is 7.31. The van der Waals surface area contributed by atoms with Gasteiger partial charge in [0.1, 0.15) is 5.75 Å². The van der Waals surface area contributed by atoms with E-state index in [4.69, 9.17) is 10.5 Å². The van der Waals surface area contributed by atoms with Gasteiger partial charge in [-0.05, 0) is 30.0 Å². The summed E-state index contributed by atoms with van der Waals surface area (Å²) >= 11 is 0. The molecule has 2 atom stereocenters. The Morgan fingerprint density at radius 3 is 2.33 bits per heavy atom. The molecule has 15 heavy (non-hydrogen) atoms. The third-order valence-corrected chi connectivity index (χ3v) is 2.90. The van der Waals surface area contributed by atoms with Gasteiger partial charge in [-0.2, -0.15) is 0 Å². The molecule has 0 heterocycles. The molecule has 2 nitrogen and oxygen atoms in total. The van der Waals surface area contributed by atoms with Crippen molar-refractivity contribution in [2.45, 2.75) is 32.7 Å². The fourth-order valence-electron chi connectivity index (χ4n) is 1.59. The number of hydrogen-bond donors (Lipinski definition) is 1. The quantitative estimate of drug-likeness (QED) is 0.805. The summed E-state index contributed by atoms with van der Waals surface area (Å²) in [4.78, 5) is 0. The van der Waals surface area contributed by atoms with Gasteiger partial charge in [-0.3, -0.25) is 0 Å². The van der Waals surface area contributed by atoms with Crippen LogP contribution in [0.1, 0.15) is 38.3 Å². The van der Waals surface area contributed by atoms with Crippen LogP contribution in [0.15, 0.2) is 24.3 Å². The summed E-state index contributed by atoms with van der Waals surface area (Å²) in [5, 5.41) is 0. The van der Waals surface area contributed by atoms with E-state index in [9.17, 15) is 0 Å². The summed E-state index contributed by atoms with van der Waals surface area (Å²) < 4.78 is 5.11. The van der Waals surface area contributed by atoms with Crippen molar-refractivity contribution in [2.24, 2.45) is 11.7 Å². The molecule has 0 radical (unpaired) electrons. The number of rotatable bonds is 5. The molecule has 0 aliphatic carbocycles. The summed E-state index contributed by atoms with van der Waals surface area (Å²) in [6.45, 7) is 4.44. The van der Waals surface area contributed by atoms with Crippen LogP contribution < -0.4 is 10.5 Å². The Hall–Kier alpha value is -1.02. The number of ether oxygens (including phenoxy) is 1. The highest BCUT2D eigenvalue weighted by atomic mass is 16.5. The predicted molar refractivity (Wildman–Crippen MR) is 64.0 cm³/mol. The van der Waals surface area contributed by atoms with Gasteiger partial charge in [-0.1, -0.05) is 32.4 Å². The molecule has 0 amide bonds. The minimum Gasteiger partial charge on any atom is -0.497 e. The number of hydrogen-bond acceptors (Lipinski definition) is 2. The molecule has 0 bridgehead atoms. The fourth-order valence-corrected chi connectivity index (χ4v) is 1.59. The molecular formula is C13H21NO. The Balaban J connectivity index is 2.61. The molecule has 1 aromatic carbocycles. The van der Waals surface area contributed by atoms with E-state index in [2.05, 4.69) is 13.8 Å². The second-order valence-corrected chi connectivity index (χ2v) is 4.13. The van der Waals surface area contributed by atoms with Gasteiger partial charge in [0, 0.05) is 6.04 Å². The second kappa shape index (κ2) is 5.76. The van der Waals surface area contributed by atoms with E-state index in [0.29, 0.717) is 5.92 Å². The highest BCUT2D eigenvalue weighted by molar-refractivity contribution is 5.28. The molecule has 0 saturated heterocycles. The van der Waals surface area contributed by atoms with Gasteiger partial charge in [0.15, 0.2) is 0 Å². The van der Waals surface area contributed by atoms with Crippen molar-refractivity contribution in [2.75, 3.05) is 7.11 Å². The van der Waals surface area contributed by atoms with Crippen LogP contribution >= 0.6 is 0 Å². The first-order valence-electron chi connectivity index (χ1n) is 5.56. The lowest BCUT2D eigenvalue weighted by molar-refractivity contribution is 0.414. The highest BCUT2D eigenvalue weighted by Gasteiger charge is 2.09. The van der Waals surface area contributed by atoms with E-state index in [0.717, 1.165) is 12.2 Å². The summed E-state index contributed by atoms with van der Waals surface area (Å²) in [7, 11) is 1.67. The van der Waals surface area contributed by atoms with Gasteiger partial charge in [0.25, 0.3) is 0 Å². The molecule has 2 heteroatoms. The van der Waals surface area contributed by atoms with E-state index in [1.807, 2.05) is 24.3 Å². The van der Waals surface area contributed by atoms with Crippen LogP contribution in [0.2, 0.25) is 0 Å². The van der Waals surface area contributed by atoms with Crippen LogP contribution in [-0.4, -0.2) is 7.11 Å². The topological polar surface area (TPSA) is 35.2 Å². The standard InChI is InChI=1S/C13H21NO/c1-4-10(2)9-13(14)11-5-7-12(15-3)8-6-11/h5-8,10,13H,4,9,14H2,1-3H3. The molecule has 1 aromatic rings. The second-order valence-electron chi connectivity index (χ2n) is 4.13. The molecule has 0 aliphatic heterocycles. The van der Waals surface area contributed by atoms with Crippen LogP contribution in [0.5, 0.6) is 5.75 Å². The van der Waals surface area contributed by atoms with Crippen molar-refractivity contribution < 1.29 is 4.74 Å². The van der Waals surface area contributed by atoms with E-state index in [1.54, 1.807) is 7.11 Å². The number of methoxy groups -OCH3 is 1. The van der Waals surface area contributed by atoms with Crippen LogP contribution in [0.3, 0.4) is 0 Å². The lowest BCUT2D eigenvalue weighted by Gasteiger charge is -2.16. The summed E-state index contributed by atoms with van der Waals surface area (Å²) in [5.74, 6) is 1.57. The van der Waals surface area contributed by atoms with Crippen molar-refractivity contribution in [3.63, 3.8) is 0 Å². The Morgan fingerprint density at radius 1 is 1.27 bits per heavy atom. The van der Waals surface area contributed by atoms with Crippen LogP contribution in [0.25, 0.3) is 0 Å². The van der Waals surface area contributed by atoms with Crippen molar-refractivity contribution in [3.8, 4) is 5.75 Å². The summed E-state index contributed by atoms with van der Waals surface area (Å²) in [6.07, 6.45) is 2.23. The van der Waals surface area contributed by atoms with Gasteiger partial charge < -0.3 is 10.5 Å². The number of benzene rings is 1. The van der Waals surface area contributed by atoms with Crippen LogP contribution in [0.4, 0.5) is 0 Å². The maximum atomic E-state index is 6.12. The lowest BCUT2D eigenvalue weighted by Crippen LogP contribution is -2.13. The molecule has 84 valence electrons. The van der Waals surface area contributed by atoms with Gasteiger partial charge in [0.05, 0.1) is 7.11 Å². The molecular weight excluding hydrogens is 186 g/mol. The minimum absolute atomic E-state index is 0.144. The first-order chi connectivity index (χ1) is 7.17. The first-order valence-corrected chi connectivity index (χ1v) is 5.56. The van der Waals surface area contributed by atoms with Gasteiger partial charge in [0.2, 0.25) is 0 Å².